The van der Waals surface area contributed by atoms with Crippen molar-refractivity contribution in [2.24, 2.45) is 5.10 Å². The number of fused-ring (bicyclic) bond motifs is 1. The molecule has 8 heteroatoms. The van der Waals surface area contributed by atoms with Crippen LogP contribution in [0.1, 0.15) is 53.9 Å². The lowest BCUT2D eigenvalue weighted by Crippen LogP contribution is -2.20. The predicted octanol–water partition coefficient (Wildman–Crippen LogP) is 6.73. The van der Waals surface area contributed by atoms with Crippen LogP contribution in [0, 0.1) is 6.92 Å². The molecule has 0 bridgehead atoms. The highest BCUT2D eigenvalue weighted by molar-refractivity contribution is 5.95. The Morgan fingerprint density at radius 3 is 2.58 bits per heavy atom. The Morgan fingerprint density at radius 1 is 1.07 bits per heavy atom. The highest BCUT2D eigenvalue weighted by atomic mass is 16.5. The molecule has 0 atom stereocenters. The first-order valence-electron chi connectivity index (χ1n) is 13.0. The second-order valence-corrected chi connectivity index (χ2v) is 9.66. The Labute approximate surface area is 231 Å². The van der Waals surface area contributed by atoms with E-state index in [1.807, 2.05) is 32.0 Å². The molecule has 0 aliphatic heterocycles. The van der Waals surface area contributed by atoms with E-state index < -0.39 is 5.97 Å². The lowest BCUT2D eigenvalue weighted by atomic mass is 9.96. The molecule has 8 nitrogen and oxygen atoms in total. The molecule has 0 aliphatic rings. The predicted molar refractivity (Wildman–Crippen MR) is 156 cm³/mol. The van der Waals surface area contributed by atoms with E-state index >= 15 is 0 Å². The second-order valence-electron chi connectivity index (χ2n) is 9.66. The number of hydrogen-bond donors (Lipinski definition) is 1. The van der Waals surface area contributed by atoms with Crippen molar-refractivity contribution in [1.29, 1.82) is 0 Å². The largest absolute Gasteiger partial charge is 0.494 e. The minimum atomic E-state index is -1.05. The van der Waals surface area contributed by atoms with Crippen molar-refractivity contribution in [3.8, 4) is 28.5 Å². The van der Waals surface area contributed by atoms with E-state index in [2.05, 4.69) is 18.9 Å². The summed E-state index contributed by atoms with van der Waals surface area (Å²) in [4.78, 5) is 30.2. The molecular formula is C32H29N3O5. The first-order valence-corrected chi connectivity index (χ1v) is 13.0. The molecule has 0 unspecified atom stereocenters. The fraction of sp³-hybridized carbons (Fsp3) is 0.188. The standard InChI is InChI=1S/C32H29N3O5/c1-5-39-29-16-20(4)26(17-25(29)19(2)3)30-34-27-13-9-8-12-24(27)31(36)35(30)33-18-21-14-15-28(40-21)22-10-6-7-11-23(22)32(37)38/h6-19H,5H2,1-4H3,(H,37,38). The van der Waals surface area contributed by atoms with Gasteiger partial charge in [-0.15, -0.1) is 0 Å². The van der Waals surface area contributed by atoms with Crippen LogP contribution >= 0.6 is 0 Å². The number of rotatable bonds is 8. The number of benzene rings is 3. The monoisotopic (exact) mass is 535 g/mol. The van der Waals surface area contributed by atoms with Crippen LogP contribution < -0.4 is 10.3 Å². The van der Waals surface area contributed by atoms with E-state index in [1.54, 1.807) is 48.5 Å². The first-order chi connectivity index (χ1) is 19.3. The fourth-order valence-corrected chi connectivity index (χ4v) is 4.64. The van der Waals surface area contributed by atoms with Gasteiger partial charge in [-0.2, -0.15) is 9.78 Å². The maximum atomic E-state index is 13.7. The number of carboxylic acids is 1. The molecule has 1 N–H and O–H groups in total. The summed E-state index contributed by atoms with van der Waals surface area (Å²) in [6, 6.07) is 21.1. The molecule has 3 aromatic carbocycles. The van der Waals surface area contributed by atoms with Gasteiger partial charge in [-0.25, -0.2) is 9.78 Å². The fourth-order valence-electron chi connectivity index (χ4n) is 4.64. The molecule has 0 fully saturated rings. The van der Waals surface area contributed by atoms with Crippen LogP contribution in [0.25, 0.3) is 33.6 Å². The van der Waals surface area contributed by atoms with Gasteiger partial charge in [-0.1, -0.05) is 44.2 Å². The van der Waals surface area contributed by atoms with Gasteiger partial charge in [0.1, 0.15) is 17.3 Å². The lowest BCUT2D eigenvalue weighted by molar-refractivity contribution is 0.0697. The second kappa shape index (κ2) is 11.0. The molecule has 5 aromatic rings. The van der Waals surface area contributed by atoms with Gasteiger partial charge in [0.2, 0.25) is 0 Å². The summed E-state index contributed by atoms with van der Waals surface area (Å²) in [5.41, 5.74) is 3.49. The van der Waals surface area contributed by atoms with Gasteiger partial charge in [0.05, 0.1) is 29.3 Å². The van der Waals surface area contributed by atoms with Gasteiger partial charge in [-0.05, 0) is 73.4 Å². The Hall–Kier alpha value is -4.98. The number of aromatic nitrogens is 2. The zero-order valence-corrected chi connectivity index (χ0v) is 22.7. The number of carboxylic acid groups (broad SMARTS) is 1. The summed E-state index contributed by atoms with van der Waals surface area (Å²) in [7, 11) is 0. The van der Waals surface area contributed by atoms with Crippen LogP contribution in [-0.4, -0.2) is 33.6 Å². The number of aromatic carboxylic acids is 1. The van der Waals surface area contributed by atoms with E-state index in [-0.39, 0.29) is 17.0 Å². The first kappa shape index (κ1) is 26.6. The molecule has 0 spiro atoms. The molecule has 2 heterocycles. The van der Waals surface area contributed by atoms with E-state index in [0.717, 1.165) is 22.4 Å². The summed E-state index contributed by atoms with van der Waals surface area (Å²) in [6.45, 7) is 8.63. The topological polar surface area (TPSA) is 107 Å². The van der Waals surface area contributed by atoms with E-state index in [9.17, 15) is 14.7 Å². The average Bonchev–Trinajstić information content (AvgIpc) is 3.41. The van der Waals surface area contributed by atoms with Crippen molar-refractivity contribution in [1.82, 2.24) is 9.66 Å². The maximum Gasteiger partial charge on any atom is 0.336 e. The van der Waals surface area contributed by atoms with Crippen molar-refractivity contribution >= 4 is 23.1 Å². The Kier molecular flexibility index (Phi) is 7.33. The van der Waals surface area contributed by atoms with Gasteiger partial charge in [-0.3, -0.25) is 4.79 Å². The van der Waals surface area contributed by atoms with Gasteiger partial charge in [0.25, 0.3) is 5.56 Å². The summed E-state index contributed by atoms with van der Waals surface area (Å²) in [6.07, 6.45) is 1.43. The average molecular weight is 536 g/mol. The quantitative estimate of drug-likeness (QED) is 0.221. The highest BCUT2D eigenvalue weighted by Gasteiger charge is 2.19. The summed E-state index contributed by atoms with van der Waals surface area (Å²) in [5.74, 6) is 1.07. The number of furan rings is 1. The molecular weight excluding hydrogens is 506 g/mol. The number of ether oxygens (including phenoxy) is 1. The number of hydrogen-bond acceptors (Lipinski definition) is 6. The summed E-state index contributed by atoms with van der Waals surface area (Å²) < 4.78 is 13.1. The van der Waals surface area contributed by atoms with Crippen molar-refractivity contribution in [2.75, 3.05) is 6.61 Å². The Morgan fingerprint density at radius 2 is 1.82 bits per heavy atom. The molecule has 0 aliphatic carbocycles. The van der Waals surface area contributed by atoms with Gasteiger partial charge in [0.15, 0.2) is 5.82 Å². The Bertz CT molecular complexity index is 1810. The number of carbonyl (C=O) groups is 1. The smallest absolute Gasteiger partial charge is 0.336 e. The van der Waals surface area contributed by atoms with Crippen molar-refractivity contribution < 1.29 is 19.1 Å². The van der Waals surface area contributed by atoms with Crippen LogP contribution in [0.3, 0.4) is 0 Å². The SMILES string of the molecule is CCOc1cc(C)c(-c2nc3ccccc3c(=O)n2N=Cc2ccc(-c3ccccc3C(=O)O)o2)cc1C(C)C. The molecule has 40 heavy (non-hydrogen) atoms. The highest BCUT2D eigenvalue weighted by Crippen LogP contribution is 2.34. The molecule has 0 saturated heterocycles. The van der Waals surface area contributed by atoms with Crippen LogP contribution in [-0.2, 0) is 0 Å². The molecule has 5 rings (SSSR count). The number of para-hydroxylation sites is 1. The van der Waals surface area contributed by atoms with Gasteiger partial charge in [0, 0.05) is 11.1 Å². The number of nitrogens with zero attached hydrogens (tertiary/aromatic N) is 3. The third-order valence-electron chi connectivity index (χ3n) is 6.62. The van der Waals surface area contributed by atoms with Gasteiger partial charge < -0.3 is 14.3 Å². The molecule has 2 aromatic heterocycles. The van der Waals surface area contributed by atoms with E-state index in [4.69, 9.17) is 14.1 Å². The minimum absolute atomic E-state index is 0.129. The Balaban J connectivity index is 1.65. The molecule has 0 radical (unpaired) electrons. The van der Waals surface area contributed by atoms with Crippen molar-refractivity contribution in [3.05, 3.63) is 106 Å². The van der Waals surface area contributed by atoms with Crippen LogP contribution in [0.2, 0.25) is 0 Å². The maximum absolute atomic E-state index is 13.7. The van der Waals surface area contributed by atoms with Crippen LogP contribution in [0.4, 0.5) is 0 Å². The molecule has 0 amide bonds. The van der Waals surface area contributed by atoms with Crippen molar-refractivity contribution in [2.45, 2.75) is 33.6 Å². The van der Waals surface area contributed by atoms with Crippen molar-refractivity contribution in [3.63, 3.8) is 0 Å². The summed E-state index contributed by atoms with van der Waals surface area (Å²) >= 11 is 0. The normalized spacial score (nSPS) is 11.5. The zero-order valence-electron chi connectivity index (χ0n) is 22.7. The molecule has 202 valence electrons. The van der Waals surface area contributed by atoms with Crippen LogP contribution in [0.5, 0.6) is 5.75 Å². The molecule has 0 saturated carbocycles. The zero-order chi connectivity index (χ0) is 28.4. The van der Waals surface area contributed by atoms with Crippen LogP contribution in [0.15, 0.2) is 87.1 Å². The third kappa shape index (κ3) is 5.03. The summed E-state index contributed by atoms with van der Waals surface area (Å²) in [5, 5.41) is 14.5. The third-order valence-corrected chi connectivity index (χ3v) is 6.62. The van der Waals surface area contributed by atoms with Gasteiger partial charge >= 0.3 is 5.97 Å². The number of aryl methyl sites for hydroxylation is 1. The lowest BCUT2D eigenvalue weighted by Gasteiger charge is -2.18. The van der Waals surface area contributed by atoms with E-state index in [0.29, 0.717) is 40.4 Å². The minimum Gasteiger partial charge on any atom is -0.494 e. The van der Waals surface area contributed by atoms with E-state index in [1.165, 1.54) is 17.0 Å².